The van der Waals surface area contributed by atoms with Gasteiger partial charge in [-0.05, 0) is 25.8 Å². The highest BCUT2D eigenvalue weighted by Crippen LogP contribution is 2.18. The zero-order valence-electron chi connectivity index (χ0n) is 8.85. The molecule has 0 unspecified atom stereocenters. The molecule has 0 heterocycles. The van der Waals surface area contributed by atoms with Gasteiger partial charge in [0.1, 0.15) is 0 Å². The Labute approximate surface area is 77.5 Å². The first-order valence-electron chi connectivity index (χ1n) is 4.66. The highest BCUT2D eigenvalue weighted by Gasteiger charge is 2.14. The van der Waals surface area contributed by atoms with Crippen molar-refractivity contribution in [3.05, 3.63) is 12.2 Å². The molecule has 0 bridgehead atoms. The lowest BCUT2D eigenvalue weighted by atomic mass is 10.1. The predicted molar refractivity (Wildman–Crippen MR) is 58.2 cm³/mol. The molecule has 0 aromatic heterocycles. The van der Waals surface area contributed by atoms with E-state index >= 15 is 0 Å². The number of rotatable bonds is 5. The van der Waals surface area contributed by atoms with E-state index in [1.807, 2.05) is 6.92 Å². The second-order valence-electron chi connectivity index (χ2n) is 4.88. The van der Waals surface area contributed by atoms with E-state index in [0.717, 1.165) is 12.8 Å². The Bertz CT molecular complexity index is 144. The predicted octanol–water partition coefficient (Wildman–Crippen LogP) is 3.04. The van der Waals surface area contributed by atoms with Crippen molar-refractivity contribution in [1.82, 2.24) is 0 Å². The summed E-state index contributed by atoms with van der Waals surface area (Å²) in [5.74, 6) is 0. The van der Waals surface area contributed by atoms with Crippen LogP contribution in [0.4, 0.5) is 0 Å². The minimum Gasteiger partial charge on any atom is -0.393 e. The second kappa shape index (κ2) is 4.82. The molecule has 0 aromatic rings. The Balaban J connectivity index is 3.61. The molecule has 0 radical (unpaired) electrons. The average Bonchev–Trinajstić information content (AvgIpc) is 1.79. The van der Waals surface area contributed by atoms with Crippen LogP contribution in [-0.4, -0.2) is 19.3 Å². The van der Waals surface area contributed by atoms with Crippen LogP contribution in [0.5, 0.6) is 0 Å². The Morgan fingerprint density at radius 3 is 2.25 bits per heavy atom. The highest BCUT2D eigenvalue weighted by atomic mass is 28.3. The summed E-state index contributed by atoms with van der Waals surface area (Å²) < 4.78 is 0. The summed E-state index contributed by atoms with van der Waals surface area (Å²) in [6.45, 7) is 12.9. The van der Waals surface area contributed by atoms with Crippen LogP contribution in [0.1, 0.15) is 19.8 Å². The van der Waals surface area contributed by atoms with Crippen LogP contribution in [0.25, 0.3) is 0 Å². The smallest absolute Gasteiger partial charge is 0.0515 e. The Kier molecular flexibility index (Phi) is 4.79. The van der Waals surface area contributed by atoms with Gasteiger partial charge in [0.15, 0.2) is 0 Å². The minimum absolute atomic E-state index is 0.177. The minimum atomic E-state index is -0.973. The maximum atomic E-state index is 9.07. The third-order valence-corrected chi connectivity index (χ3v) is 3.26. The van der Waals surface area contributed by atoms with Gasteiger partial charge in [-0.15, -0.1) is 6.58 Å². The van der Waals surface area contributed by atoms with Crippen molar-refractivity contribution in [2.75, 3.05) is 0 Å². The fourth-order valence-corrected chi connectivity index (χ4v) is 2.93. The van der Waals surface area contributed by atoms with E-state index in [2.05, 4.69) is 26.2 Å². The molecule has 0 amide bonds. The van der Waals surface area contributed by atoms with E-state index in [1.165, 1.54) is 11.6 Å². The summed E-state index contributed by atoms with van der Waals surface area (Å²) in [5.41, 5.74) is 1.31. The van der Waals surface area contributed by atoms with Gasteiger partial charge in [-0.2, -0.15) is 0 Å². The maximum absolute atomic E-state index is 9.07. The molecular formula is C10H22OSi. The van der Waals surface area contributed by atoms with Gasteiger partial charge >= 0.3 is 0 Å². The summed E-state index contributed by atoms with van der Waals surface area (Å²) in [6, 6.07) is 1.19. The second-order valence-corrected chi connectivity index (χ2v) is 10.4. The van der Waals surface area contributed by atoms with Crippen LogP contribution in [0.2, 0.25) is 25.7 Å². The molecule has 1 nitrogen and oxygen atoms in total. The van der Waals surface area contributed by atoms with Gasteiger partial charge in [-0.3, -0.25) is 0 Å². The van der Waals surface area contributed by atoms with Crippen LogP contribution < -0.4 is 0 Å². The number of aliphatic hydroxyl groups is 1. The molecule has 12 heavy (non-hydrogen) atoms. The third-order valence-electron chi connectivity index (χ3n) is 1.70. The van der Waals surface area contributed by atoms with E-state index in [0.29, 0.717) is 0 Å². The van der Waals surface area contributed by atoms with E-state index in [4.69, 9.17) is 5.11 Å². The molecule has 0 aliphatic heterocycles. The fraction of sp³-hybridized carbons (Fsp3) is 0.800. The topological polar surface area (TPSA) is 20.2 Å². The lowest BCUT2D eigenvalue weighted by Gasteiger charge is -2.17. The lowest BCUT2D eigenvalue weighted by molar-refractivity contribution is 0.185. The monoisotopic (exact) mass is 186 g/mol. The molecule has 1 N–H and O–H groups in total. The van der Waals surface area contributed by atoms with Gasteiger partial charge in [0.05, 0.1) is 6.10 Å². The van der Waals surface area contributed by atoms with Crippen LogP contribution in [0.15, 0.2) is 12.2 Å². The van der Waals surface area contributed by atoms with Gasteiger partial charge in [0.2, 0.25) is 0 Å². The Hall–Kier alpha value is -0.0831. The van der Waals surface area contributed by atoms with Crippen molar-refractivity contribution in [3.8, 4) is 0 Å². The van der Waals surface area contributed by atoms with Crippen LogP contribution >= 0.6 is 0 Å². The SMILES string of the molecule is C=C(CC[C@H](C)O)C[Si](C)(C)C. The van der Waals surface area contributed by atoms with Crippen molar-refractivity contribution >= 4 is 8.07 Å². The highest BCUT2D eigenvalue weighted by molar-refractivity contribution is 6.76. The van der Waals surface area contributed by atoms with Gasteiger partial charge in [-0.1, -0.05) is 25.2 Å². The maximum Gasteiger partial charge on any atom is 0.0515 e. The van der Waals surface area contributed by atoms with Gasteiger partial charge in [-0.25, -0.2) is 0 Å². The summed E-state index contributed by atoms with van der Waals surface area (Å²) in [4.78, 5) is 0. The molecule has 0 aromatic carbocycles. The number of hydrogen-bond acceptors (Lipinski definition) is 1. The summed E-state index contributed by atoms with van der Waals surface area (Å²) >= 11 is 0. The summed E-state index contributed by atoms with van der Waals surface area (Å²) in [7, 11) is -0.973. The van der Waals surface area contributed by atoms with E-state index in [1.54, 1.807) is 0 Å². The van der Waals surface area contributed by atoms with Gasteiger partial charge in [0, 0.05) is 8.07 Å². The lowest BCUT2D eigenvalue weighted by Crippen LogP contribution is -2.19. The van der Waals surface area contributed by atoms with E-state index < -0.39 is 8.07 Å². The van der Waals surface area contributed by atoms with E-state index in [9.17, 15) is 0 Å². The molecule has 2 heteroatoms. The molecule has 0 aliphatic carbocycles. The molecular weight excluding hydrogens is 164 g/mol. The summed E-state index contributed by atoms with van der Waals surface area (Å²) in [6.07, 6.45) is 1.68. The molecule has 0 saturated carbocycles. The van der Waals surface area contributed by atoms with Crippen molar-refractivity contribution in [2.45, 2.75) is 51.6 Å². The fourth-order valence-electron chi connectivity index (χ4n) is 1.25. The number of allylic oxidation sites excluding steroid dienone is 1. The van der Waals surface area contributed by atoms with Crippen LogP contribution in [-0.2, 0) is 0 Å². The Morgan fingerprint density at radius 1 is 1.42 bits per heavy atom. The largest absolute Gasteiger partial charge is 0.393 e. The standard InChI is InChI=1S/C10H22OSi/c1-9(6-7-10(2)11)8-12(3,4)5/h10-11H,1,6-8H2,2-5H3/t10-/m0/s1. The molecule has 0 aliphatic rings. The molecule has 72 valence electrons. The number of aliphatic hydroxyl groups excluding tert-OH is 1. The van der Waals surface area contributed by atoms with Gasteiger partial charge in [0.25, 0.3) is 0 Å². The first kappa shape index (κ1) is 11.9. The Morgan fingerprint density at radius 2 is 1.92 bits per heavy atom. The molecule has 1 atom stereocenters. The average molecular weight is 186 g/mol. The zero-order chi connectivity index (χ0) is 9.78. The number of hydrogen-bond donors (Lipinski definition) is 1. The van der Waals surface area contributed by atoms with Gasteiger partial charge < -0.3 is 5.11 Å². The van der Waals surface area contributed by atoms with Crippen molar-refractivity contribution in [2.24, 2.45) is 0 Å². The normalized spacial score (nSPS) is 14.4. The molecule has 0 saturated heterocycles. The van der Waals surface area contributed by atoms with Crippen molar-refractivity contribution in [3.63, 3.8) is 0 Å². The van der Waals surface area contributed by atoms with Crippen molar-refractivity contribution < 1.29 is 5.11 Å². The van der Waals surface area contributed by atoms with Crippen molar-refractivity contribution in [1.29, 1.82) is 0 Å². The molecule has 0 rings (SSSR count). The third kappa shape index (κ3) is 8.02. The molecule has 0 fully saturated rings. The zero-order valence-corrected chi connectivity index (χ0v) is 9.85. The first-order valence-corrected chi connectivity index (χ1v) is 8.37. The summed E-state index contributed by atoms with van der Waals surface area (Å²) in [5, 5.41) is 9.07. The van der Waals surface area contributed by atoms with Crippen LogP contribution in [0.3, 0.4) is 0 Å². The molecule has 0 spiro atoms. The first-order chi connectivity index (χ1) is 5.31. The van der Waals surface area contributed by atoms with E-state index in [-0.39, 0.29) is 6.10 Å². The van der Waals surface area contributed by atoms with Crippen LogP contribution in [0, 0.1) is 0 Å². The quantitative estimate of drug-likeness (QED) is 0.517.